The first-order chi connectivity index (χ1) is 9.54. The summed E-state index contributed by atoms with van der Waals surface area (Å²) in [6.45, 7) is 6.83. The molecule has 0 bridgehead atoms. The van der Waals surface area contributed by atoms with Gasteiger partial charge < -0.3 is 15.3 Å². The minimum absolute atomic E-state index is 0.0528. The molecule has 1 aromatic heterocycles. The average Bonchev–Trinajstić information content (AvgIpc) is 2.45. The van der Waals surface area contributed by atoms with Crippen LogP contribution in [0.3, 0.4) is 0 Å². The molecular weight excluding hydrogens is 256 g/mol. The summed E-state index contributed by atoms with van der Waals surface area (Å²) in [5.41, 5.74) is 0.978. The third-order valence-electron chi connectivity index (χ3n) is 2.95. The lowest BCUT2D eigenvalue weighted by atomic mass is 10.2. The van der Waals surface area contributed by atoms with Gasteiger partial charge in [-0.15, -0.1) is 0 Å². The quantitative estimate of drug-likeness (QED) is 0.791. The van der Waals surface area contributed by atoms with Gasteiger partial charge >= 0.3 is 0 Å². The summed E-state index contributed by atoms with van der Waals surface area (Å²) in [4.78, 5) is 22.8. The molecule has 0 aliphatic rings. The first kappa shape index (κ1) is 16.4. The number of amides is 1. The highest BCUT2D eigenvalue weighted by atomic mass is 16.3. The molecule has 6 nitrogen and oxygen atoms in total. The van der Waals surface area contributed by atoms with Crippen molar-refractivity contribution in [2.75, 3.05) is 32.1 Å². The number of carbonyl (C=O) groups is 1. The zero-order valence-corrected chi connectivity index (χ0v) is 12.7. The number of carbonyl (C=O) groups excluding carboxylic acids is 1. The van der Waals surface area contributed by atoms with Crippen molar-refractivity contribution in [1.29, 1.82) is 0 Å². The van der Waals surface area contributed by atoms with Crippen LogP contribution in [0.15, 0.2) is 6.20 Å². The van der Waals surface area contributed by atoms with E-state index in [1.807, 2.05) is 20.8 Å². The molecule has 0 saturated carbocycles. The highest BCUT2D eigenvalue weighted by molar-refractivity contribution is 5.97. The number of nitrogens with zero attached hydrogens (tertiary/aromatic N) is 3. The number of aromatic nitrogens is 2. The van der Waals surface area contributed by atoms with Gasteiger partial charge in [0, 0.05) is 26.1 Å². The van der Waals surface area contributed by atoms with Crippen LogP contribution in [0, 0.1) is 0 Å². The lowest BCUT2D eigenvalue weighted by Gasteiger charge is -2.22. The van der Waals surface area contributed by atoms with E-state index in [0.717, 1.165) is 6.42 Å². The van der Waals surface area contributed by atoms with Gasteiger partial charge in [-0.1, -0.05) is 20.8 Å². The van der Waals surface area contributed by atoms with Crippen LogP contribution in [-0.2, 0) is 0 Å². The molecule has 0 saturated heterocycles. The van der Waals surface area contributed by atoms with Crippen LogP contribution in [-0.4, -0.2) is 52.6 Å². The molecule has 0 fully saturated rings. The first-order valence-electron chi connectivity index (χ1n) is 6.99. The number of hydrogen-bond donors (Lipinski definition) is 2. The molecule has 20 heavy (non-hydrogen) atoms. The Labute approximate surface area is 120 Å². The summed E-state index contributed by atoms with van der Waals surface area (Å²) in [7, 11) is 1.74. The van der Waals surface area contributed by atoms with Crippen LogP contribution in [0.25, 0.3) is 0 Å². The average molecular weight is 280 g/mol. The van der Waals surface area contributed by atoms with E-state index in [0.29, 0.717) is 30.3 Å². The van der Waals surface area contributed by atoms with E-state index in [1.165, 1.54) is 0 Å². The maximum atomic E-state index is 12.6. The molecule has 0 radical (unpaired) electrons. The number of hydrogen-bond acceptors (Lipinski definition) is 5. The molecule has 6 heteroatoms. The lowest BCUT2D eigenvalue weighted by Crippen LogP contribution is -2.35. The molecule has 2 N–H and O–H groups in total. The molecule has 0 spiro atoms. The Hall–Kier alpha value is -1.69. The van der Waals surface area contributed by atoms with Gasteiger partial charge in [0.1, 0.15) is 5.82 Å². The number of aliphatic hydroxyl groups excluding tert-OH is 1. The highest BCUT2D eigenvalue weighted by Gasteiger charge is 2.21. The molecule has 0 aromatic carbocycles. The summed E-state index contributed by atoms with van der Waals surface area (Å²) in [6, 6.07) is 0. The topological polar surface area (TPSA) is 78.3 Å². The van der Waals surface area contributed by atoms with Crippen LogP contribution >= 0.6 is 0 Å². The van der Waals surface area contributed by atoms with Crippen molar-refractivity contribution in [3.05, 3.63) is 17.7 Å². The largest absolute Gasteiger partial charge is 0.395 e. The third-order valence-corrected chi connectivity index (χ3v) is 2.95. The Kier molecular flexibility index (Phi) is 6.38. The van der Waals surface area contributed by atoms with Crippen LogP contribution in [0.4, 0.5) is 5.69 Å². The second kappa shape index (κ2) is 7.79. The van der Waals surface area contributed by atoms with Crippen LogP contribution in [0.1, 0.15) is 49.4 Å². The minimum Gasteiger partial charge on any atom is -0.395 e. The molecule has 0 atom stereocenters. The van der Waals surface area contributed by atoms with Gasteiger partial charge in [-0.3, -0.25) is 4.79 Å². The van der Waals surface area contributed by atoms with Crippen molar-refractivity contribution in [2.45, 2.75) is 33.1 Å². The first-order valence-corrected chi connectivity index (χ1v) is 6.99. The molecule has 1 aromatic rings. The second-order valence-electron chi connectivity index (χ2n) is 4.91. The van der Waals surface area contributed by atoms with E-state index >= 15 is 0 Å². The van der Waals surface area contributed by atoms with Crippen LogP contribution < -0.4 is 5.32 Å². The van der Waals surface area contributed by atoms with E-state index in [2.05, 4.69) is 15.3 Å². The molecule has 0 aliphatic carbocycles. The maximum absolute atomic E-state index is 12.6. The predicted octanol–water partition coefficient (Wildman–Crippen LogP) is 1.49. The monoisotopic (exact) mass is 280 g/mol. The third kappa shape index (κ3) is 3.90. The van der Waals surface area contributed by atoms with Crippen molar-refractivity contribution in [3.63, 3.8) is 0 Å². The van der Waals surface area contributed by atoms with Crippen molar-refractivity contribution >= 4 is 11.6 Å². The summed E-state index contributed by atoms with van der Waals surface area (Å²) in [5.74, 6) is 0.632. The summed E-state index contributed by atoms with van der Waals surface area (Å²) < 4.78 is 0. The molecule has 112 valence electrons. The van der Waals surface area contributed by atoms with Crippen molar-refractivity contribution in [3.8, 4) is 0 Å². The minimum atomic E-state index is -0.172. The van der Waals surface area contributed by atoms with Gasteiger partial charge in [0.15, 0.2) is 5.69 Å². The fourth-order valence-electron chi connectivity index (χ4n) is 1.87. The van der Waals surface area contributed by atoms with Crippen LogP contribution in [0.5, 0.6) is 0 Å². The van der Waals surface area contributed by atoms with Gasteiger partial charge in [0.2, 0.25) is 0 Å². The fourth-order valence-corrected chi connectivity index (χ4v) is 1.87. The summed E-state index contributed by atoms with van der Waals surface area (Å²) in [5, 5.41) is 12.0. The van der Waals surface area contributed by atoms with Gasteiger partial charge in [-0.25, -0.2) is 9.97 Å². The van der Waals surface area contributed by atoms with Gasteiger partial charge in [0.25, 0.3) is 5.91 Å². The zero-order chi connectivity index (χ0) is 15.1. The van der Waals surface area contributed by atoms with Crippen molar-refractivity contribution in [2.24, 2.45) is 0 Å². The van der Waals surface area contributed by atoms with Crippen LogP contribution in [0.2, 0.25) is 0 Å². The SMILES string of the molecule is CCCN(CCO)C(=O)c1nc(C(C)C)ncc1NC. The van der Waals surface area contributed by atoms with Gasteiger partial charge in [0.05, 0.1) is 18.5 Å². The zero-order valence-electron chi connectivity index (χ0n) is 12.7. The molecule has 1 amide bonds. The standard InChI is InChI=1S/C14H24N4O2/c1-5-6-18(7-8-19)14(20)12-11(15-4)9-16-13(17-12)10(2)3/h9-10,15,19H,5-8H2,1-4H3. The Morgan fingerprint density at radius 3 is 2.65 bits per heavy atom. The van der Waals surface area contributed by atoms with E-state index in [4.69, 9.17) is 5.11 Å². The van der Waals surface area contributed by atoms with Gasteiger partial charge in [-0.05, 0) is 6.42 Å². The highest BCUT2D eigenvalue weighted by Crippen LogP contribution is 2.17. The molecule has 0 aliphatic heterocycles. The molecular formula is C14H24N4O2. The van der Waals surface area contributed by atoms with E-state index in [9.17, 15) is 4.79 Å². The number of anilines is 1. The Bertz CT molecular complexity index is 443. The van der Waals surface area contributed by atoms with Crippen molar-refractivity contribution in [1.82, 2.24) is 14.9 Å². The van der Waals surface area contributed by atoms with E-state index in [1.54, 1.807) is 18.1 Å². The number of nitrogens with one attached hydrogen (secondary N) is 1. The normalized spacial score (nSPS) is 10.7. The maximum Gasteiger partial charge on any atom is 0.274 e. The number of aliphatic hydroxyl groups is 1. The van der Waals surface area contributed by atoms with Gasteiger partial charge in [-0.2, -0.15) is 0 Å². The lowest BCUT2D eigenvalue weighted by molar-refractivity contribution is 0.0716. The number of rotatable bonds is 7. The summed E-state index contributed by atoms with van der Waals surface area (Å²) in [6.07, 6.45) is 2.47. The molecule has 0 unspecified atom stereocenters. The Morgan fingerprint density at radius 1 is 1.45 bits per heavy atom. The smallest absolute Gasteiger partial charge is 0.274 e. The molecule has 1 heterocycles. The fraction of sp³-hybridized carbons (Fsp3) is 0.643. The Balaban J connectivity index is 3.13. The van der Waals surface area contributed by atoms with Crippen molar-refractivity contribution < 1.29 is 9.90 Å². The summed E-state index contributed by atoms with van der Waals surface area (Å²) >= 11 is 0. The second-order valence-corrected chi connectivity index (χ2v) is 4.91. The van der Waals surface area contributed by atoms with E-state index in [-0.39, 0.29) is 18.4 Å². The van der Waals surface area contributed by atoms with E-state index < -0.39 is 0 Å². The predicted molar refractivity (Wildman–Crippen MR) is 78.9 cm³/mol. The Morgan fingerprint density at radius 2 is 2.15 bits per heavy atom. The molecule has 1 rings (SSSR count).